The summed E-state index contributed by atoms with van der Waals surface area (Å²) in [5.41, 5.74) is 1.90. The van der Waals surface area contributed by atoms with Crippen molar-refractivity contribution < 1.29 is 17.9 Å². The van der Waals surface area contributed by atoms with Gasteiger partial charge in [0.25, 0.3) is 10.0 Å². The summed E-state index contributed by atoms with van der Waals surface area (Å²) in [6, 6.07) is 12.0. The average Bonchev–Trinajstić information content (AvgIpc) is 2.62. The number of nitrogens with one attached hydrogen (secondary N) is 2. The molecule has 1 aliphatic heterocycles. The SMILES string of the molecule is COc1ccc(C)cc1S(=O)(=O)Nc1ccccc1N1CCNC(=O)C1. The van der Waals surface area contributed by atoms with Crippen molar-refractivity contribution in [3.05, 3.63) is 48.0 Å². The number of methoxy groups -OCH3 is 1. The molecule has 1 amide bonds. The smallest absolute Gasteiger partial charge is 0.265 e. The molecule has 0 aliphatic carbocycles. The molecule has 7 nitrogen and oxygen atoms in total. The van der Waals surface area contributed by atoms with Crippen LogP contribution in [0.5, 0.6) is 5.75 Å². The number of benzene rings is 2. The average molecular weight is 375 g/mol. The number of sulfonamides is 1. The molecule has 0 spiro atoms. The molecular formula is C18H21N3O4S. The molecule has 138 valence electrons. The van der Waals surface area contributed by atoms with Gasteiger partial charge in [-0.05, 0) is 36.8 Å². The van der Waals surface area contributed by atoms with Gasteiger partial charge in [-0.3, -0.25) is 9.52 Å². The number of aryl methyl sites for hydroxylation is 1. The quantitative estimate of drug-likeness (QED) is 0.831. The van der Waals surface area contributed by atoms with E-state index in [1.54, 1.807) is 36.4 Å². The Morgan fingerprint density at radius 3 is 2.69 bits per heavy atom. The van der Waals surface area contributed by atoms with Crippen LogP contribution in [0, 0.1) is 6.92 Å². The Balaban J connectivity index is 1.96. The molecular weight excluding hydrogens is 354 g/mol. The van der Waals surface area contributed by atoms with Crippen molar-refractivity contribution in [3.8, 4) is 5.75 Å². The van der Waals surface area contributed by atoms with Gasteiger partial charge in [0, 0.05) is 13.1 Å². The highest BCUT2D eigenvalue weighted by Crippen LogP contribution is 2.31. The number of ether oxygens (including phenoxy) is 1. The van der Waals surface area contributed by atoms with Crippen molar-refractivity contribution in [1.82, 2.24) is 5.32 Å². The number of anilines is 2. The number of amides is 1. The Hall–Kier alpha value is -2.74. The molecule has 0 aromatic heterocycles. The summed E-state index contributed by atoms with van der Waals surface area (Å²) in [6.07, 6.45) is 0. The zero-order valence-corrected chi connectivity index (χ0v) is 15.5. The van der Waals surface area contributed by atoms with E-state index in [9.17, 15) is 13.2 Å². The van der Waals surface area contributed by atoms with E-state index in [1.165, 1.54) is 7.11 Å². The fourth-order valence-corrected chi connectivity index (χ4v) is 4.20. The van der Waals surface area contributed by atoms with Gasteiger partial charge >= 0.3 is 0 Å². The molecule has 0 unspecified atom stereocenters. The maximum absolute atomic E-state index is 12.9. The molecule has 1 fully saturated rings. The van der Waals surface area contributed by atoms with Crippen molar-refractivity contribution in [2.24, 2.45) is 0 Å². The number of rotatable bonds is 5. The van der Waals surface area contributed by atoms with Crippen LogP contribution < -0.4 is 19.7 Å². The van der Waals surface area contributed by atoms with E-state index in [1.807, 2.05) is 17.9 Å². The molecule has 26 heavy (non-hydrogen) atoms. The number of para-hydroxylation sites is 2. The third kappa shape index (κ3) is 3.75. The minimum atomic E-state index is -3.86. The Morgan fingerprint density at radius 2 is 1.96 bits per heavy atom. The van der Waals surface area contributed by atoms with Gasteiger partial charge in [-0.2, -0.15) is 0 Å². The van der Waals surface area contributed by atoms with Gasteiger partial charge in [-0.15, -0.1) is 0 Å². The zero-order valence-electron chi connectivity index (χ0n) is 14.7. The Labute approximate surface area is 153 Å². The lowest BCUT2D eigenvalue weighted by molar-refractivity contribution is -0.120. The summed E-state index contributed by atoms with van der Waals surface area (Å²) in [5, 5.41) is 2.76. The number of hydrogen-bond acceptors (Lipinski definition) is 5. The van der Waals surface area contributed by atoms with Crippen LogP contribution in [0.1, 0.15) is 5.56 Å². The van der Waals surface area contributed by atoms with Crippen LogP contribution in [0.2, 0.25) is 0 Å². The van der Waals surface area contributed by atoms with Gasteiger partial charge in [0.1, 0.15) is 10.6 Å². The summed E-state index contributed by atoms with van der Waals surface area (Å²) in [5.74, 6) is 0.187. The van der Waals surface area contributed by atoms with Crippen LogP contribution in [0.15, 0.2) is 47.4 Å². The predicted molar refractivity (Wildman–Crippen MR) is 100 cm³/mol. The predicted octanol–water partition coefficient (Wildman–Crippen LogP) is 1.74. The van der Waals surface area contributed by atoms with Crippen molar-refractivity contribution in [1.29, 1.82) is 0 Å². The van der Waals surface area contributed by atoms with Gasteiger partial charge in [0.15, 0.2) is 0 Å². The molecule has 0 atom stereocenters. The highest BCUT2D eigenvalue weighted by molar-refractivity contribution is 7.92. The van der Waals surface area contributed by atoms with Crippen LogP contribution in [-0.4, -0.2) is 41.1 Å². The van der Waals surface area contributed by atoms with E-state index in [0.717, 1.165) is 5.56 Å². The van der Waals surface area contributed by atoms with E-state index in [4.69, 9.17) is 4.74 Å². The first-order valence-electron chi connectivity index (χ1n) is 8.19. The molecule has 1 saturated heterocycles. The van der Waals surface area contributed by atoms with Crippen LogP contribution in [0.4, 0.5) is 11.4 Å². The minimum absolute atomic E-state index is 0.0752. The third-order valence-electron chi connectivity index (χ3n) is 4.14. The highest BCUT2D eigenvalue weighted by Gasteiger charge is 2.24. The maximum atomic E-state index is 12.9. The molecule has 1 aliphatic rings. The summed E-state index contributed by atoms with van der Waals surface area (Å²) in [4.78, 5) is 13.6. The number of carbonyl (C=O) groups is 1. The second-order valence-electron chi connectivity index (χ2n) is 6.05. The number of nitrogens with zero attached hydrogens (tertiary/aromatic N) is 1. The second-order valence-corrected chi connectivity index (χ2v) is 7.70. The molecule has 0 saturated carbocycles. The van der Waals surface area contributed by atoms with Crippen LogP contribution >= 0.6 is 0 Å². The number of carbonyl (C=O) groups excluding carboxylic acids is 1. The van der Waals surface area contributed by atoms with Gasteiger partial charge in [-0.1, -0.05) is 18.2 Å². The first kappa shape index (κ1) is 18.1. The molecule has 2 N–H and O–H groups in total. The van der Waals surface area contributed by atoms with Gasteiger partial charge in [-0.25, -0.2) is 8.42 Å². The van der Waals surface area contributed by atoms with E-state index in [-0.39, 0.29) is 23.1 Å². The molecule has 0 bridgehead atoms. The first-order chi connectivity index (χ1) is 12.4. The Bertz CT molecular complexity index is 928. The fraction of sp³-hybridized carbons (Fsp3) is 0.278. The molecule has 8 heteroatoms. The normalized spacial score (nSPS) is 14.7. The second kappa shape index (κ2) is 7.25. The lowest BCUT2D eigenvalue weighted by Gasteiger charge is -2.30. The summed E-state index contributed by atoms with van der Waals surface area (Å²) in [7, 11) is -2.42. The third-order valence-corrected chi connectivity index (χ3v) is 5.52. The Morgan fingerprint density at radius 1 is 1.19 bits per heavy atom. The maximum Gasteiger partial charge on any atom is 0.265 e. The van der Waals surface area contributed by atoms with Gasteiger partial charge < -0.3 is 15.0 Å². The first-order valence-corrected chi connectivity index (χ1v) is 9.67. The molecule has 3 rings (SSSR count). The van der Waals surface area contributed by atoms with E-state index in [2.05, 4.69) is 10.0 Å². The molecule has 2 aromatic carbocycles. The molecule has 1 heterocycles. The van der Waals surface area contributed by atoms with Crippen LogP contribution in [0.3, 0.4) is 0 Å². The Kier molecular flexibility index (Phi) is 5.03. The highest BCUT2D eigenvalue weighted by atomic mass is 32.2. The van der Waals surface area contributed by atoms with Crippen molar-refractivity contribution in [3.63, 3.8) is 0 Å². The largest absolute Gasteiger partial charge is 0.495 e. The number of piperazine rings is 1. The summed E-state index contributed by atoms with van der Waals surface area (Å²) in [6.45, 7) is 3.13. The fourth-order valence-electron chi connectivity index (χ4n) is 2.87. The van der Waals surface area contributed by atoms with Crippen molar-refractivity contribution in [2.75, 3.05) is 36.4 Å². The van der Waals surface area contributed by atoms with Crippen molar-refractivity contribution in [2.45, 2.75) is 11.8 Å². The lowest BCUT2D eigenvalue weighted by Crippen LogP contribution is -2.47. The van der Waals surface area contributed by atoms with Crippen LogP contribution in [-0.2, 0) is 14.8 Å². The minimum Gasteiger partial charge on any atom is -0.495 e. The molecule has 0 radical (unpaired) electrons. The standard InChI is InChI=1S/C18H21N3O4S/c1-13-7-8-16(25-2)17(11-13)26(23,24)20-14-5-3-4-6-15(14)21-10-9-19-18(22)12-21/h3-8,11,20H,9-10,12H2,1-2H3,(H,19,22). The monoisotopic (exact) mass is 375 g/mol. The van der Waals surface area contributed by atoms with Gasteiger partial charge in [0.05, 0.1) is 25.0 Å². The van der Waals surface area contributed by atoms with E-state index < -0.39 is 10.0 Å². The van der Waals surface area contributed by atoms with E-state index in [0.29, 0.717) is 24.5 Å². The zero-order chi connectivity index (χ0) is 18.7. The van der Waals surface area contributed by atoms with Crippen molar-refractivity contribution >= 4 is 27.3 Å². The summed E-state index contributed by atoms with van der Waals surface area (Å²) < 4.78 is 33.7. The molecule has 2 aromatic rings. The van der Waals surface area contributed by atoms with Gasteiger partial charge in [0.2, 0.25) is 5.91 Å². The van der Waals surface area contributed by atoms with E-state index >= 15 is 0 Å². The van der Waals surface area contributed by atoms with Crippen LogP contribution in [0.25, 0.3) is 0 Å². The topological polar surface area (TPSA) is 87.7 Å². The summed E-state index contributed by atoms with van der Waals surface area (Å²) >= 11 is 0. The number of hydrogen-bond donors (Lipinski definition) is 2. The lowest BCUT2D eigenvalue weighted by atomic mass is 10.2.